The van der Waals surface area contributed by atoms with Gasteiger partial charge >= 0.3 is 5.97 Å². The molecule has 1 aliphatic carbocycles. The average Bonchev–Trinajstić information content (AvgIpc) is 2.47. The van der Waals surface area contributed by atoms with Crippen molar-refractivity contribution in [1.82, 2.24) is 0 Å². The molecule has 1 fully saturated rings. The predicted molar refractivity (Wildman–Crippen MR) is 71.5 cm³/mol. The fraction of sp³-hybridized carbons (Fsp3) is 0.533. The molecule has 0 aromatic heterocycles. The fourth-order valence-electron chi connectivity index (χ4n) is 3.29. The van der Waals surface area contributed by atoms with Crippen molar-refractivity contribution < 1.29 is 24.5 Å². The molecule has 1 heterocycles. The molecule has 2 aliphatic rings. The molecule has 0 radical (unpaired) electrons. The highest BCUT2D eigenvalue weighted by Gasteiger charge is 2.46. The topological polar surface area (TPSA) is 76.0 Å². The molecule has 0 spiro atoms. The number of rotatable bonds is 2. The number of aromatic hydroxyl groups is 1. The Morgan fingerprint density at radius 1 is 1.10 bits per heavy atom. The van der Waals surface area contributed by atoms with Gasteiger partial charge in [0, 0.05) is 0 Å². The molecule has 0 unspecified atom stereocenters. The summed E-state index contributed by atoms with van der Waals surface area (Å²) in [4.78, 5) is 11.9. The molecule has 1 saturated carbocycles. The van der Waals surface area contributed by atoms with Crippen molar-refractivity contribution in [1.29, 1.82) is 0 Å². The zero-order valence-electron chi connectivity index (χ0n) is 11.2. The first-order valence-electron chi connectivity index (χ1n) is 7.00. The van der Waals surface area contributed by atoms with Gasteiger partial charge < -0.3 is 19.7 Å². The molecule has 0 amide bonds. The first-order chi connectivity index (χ1) is 9.65. The van der Waals surface area contributed by atoms with Crippen molar-refractivity contribution >= 4 is 5.97 Å². The molecule has 5 heteroatoms. The molecule has 1 aromatic carbocycles. The maximum absolute atomic E-state index is 11.9. The molecular weight excluding hydrogens is 260 g/mol. The van der Waals surface area contributed by atoms with E-state index in [1.54, 1.807) is 6.07 Å². The Balaban J connectivity index is 2.18. The van der Waals surface area contributed by atoms with E-state index in [-0.39, 0.29) is 5.75 Å². The van der Waals surface area contributed by atoms with Crippen LogP contribution in [0.15, 0.2) is 12.1 Å². The number of fused-ring (bicyclic) bond motifs is 1. The lowest BCUT2D eigenvalue weighted by atomic mass is 9.68. The number of ether oxygens (including phenoxy) is 2. The maximum atomic E-state index is 11.9. The van der Waals surface area contributed by atoms with E-state index in [0.717, 1.165) is 19.3 Å². The van der Waals surface area contributed by atoms with Crippen molar-refractivity contribution in [2.24, 2.45) is 0 Å². The summed E-state index contributed by atoms with van der Waals surface area (Å²) < 4.78 is 11.1. The van der Waals surface area contributed by atoms with Crippen LogP contribution in [0, 0.1) is 0 Å². The van der Waals surface area contributed by atoms with E-state index in [1.165, 1.54) is 6.07 Å². The molecule has 3 rings (SSSR count). The summed E-state index contributed by atoms with van der Waals surface area (Å²) in [6.45, 7) is 0.816. The number of phenolic OH excluding ortho intramolecular Hbond substituents is 1. The molecule has 0 atom stereocenters. The Morgan fingerprint density at radius 2 is 1.80 bits per heavy atom. The van der Waals surface area contributed by atoms with Gasteiger partial charge in [-0.05, 0) is 25.0 Å². The van der Waals surface area contributed by atoms with Gasteiger partial charge in [-0.25, -0.2) is 0 Å². The van der Waals surface area contributed by atoms with Gasteiger partial charge in [-0.2, -0.15) is 0 Å². The van der Waals surface area contributed by atoms with E-state index < -0.39 is 11.4 Å². The zero-order valence-corrected chi connectivity index (χ0v) is 11.2. The summed E-state index contributed by atoms with van der Waals surface area (Å²) in [7, 11) is 0. The number of hydrogen-bond donors (Lipinski definition) is 2. The molecule has 1 aliphatic heterocycles. The lowest BCUT2D eigenvalue weighted by Gasteiger charge is -2.36. The Labute approximate surface area is 117 Å². The van der Waals surface area contributed by atoms with E-state index in [4.69, 9.17) is 9.47 Å². The minimum Gasteiger partial charge on any atom is -0.507 e. The summed E-state index contributed by atoms with van der Waals surface area (Å²) in [6, 6.07) is 3.13. The lowest BCUT2D eigenvalue weighted by molar-refractivity contribution is -0.145. The predicted octanol–water partition coefficient (Wildman–Crippen LogP) is 2.45. The van der Waals surface area contributed by atoms with E-state index in [0.29, 0.717) is 43.1 Å². The highest BCUT2D eigenvalue weighted by Crippen LogP contribution is 2.51. The number of carboxylic acid groups (broad SMARTS) is 1. The number of phenols is 1. The van der Waals surface area contributed by atoms with Crippen LogP contribution in [0.1, 0.15) is 37.7 Å². The Bertz CT molecular complexity index is 531. The van der Waals surface area contributed by atoms with Crippen molar-refractivity contribution in [3.63, 3.8) is 0 Å². The van der Waals surface area contributed by atoms with Crippen molar-refractivity contribution in [3.8, 4) is 17.2 Å². The molecule has 5 nitrogen and oxygen atoms in total. The van der Waals surface area contributed by atoms with Gasteiger partial charge in [0.05, 0.1) is 5.56 Å². The van der Waals surface area contributed by atoms with Gasteiger partial charge in [0.1, 0.15) is 24.4 Å². The van der Waals surface area contributed by atoms with Gasteiger partial charge in [-0.1, -0.05) is 19.3 Å². The summed E-state index contributed by atoms with van der Waals surface area (Å²) in [5, 5.41) is 20.0. The monoisotopic (exact) mass is 278 g/mol. The standard InChI is InChI=1S/C15H18O5/c16-10-4-5-11-13(20-9-8-19-11)12(10)15(14(17)18)6-2-1-3-7-15/h4-5,16H,1-3,6-9H2,(H,17,18). The second-order valence-corrected chi connectivity index (χ2v) is 5.43. The minimum atomic E-state index is -1.06. The van der Waals surface area contributed by atoms with Gasteiger partial charge in [0.15, 0.2) is 11.5 Å². The largest absolute Gasteiger partial charge is 0.507 e. The third-order valence-electron chi connectivity index (χ3n) is 4.28. The average molecular weight is 278 g/mol. The highest BCUT2D eigenvalue weighted by atomic mass is 16.6. The van der Waals surface area contributed by atoms with E-state index in [9.17, 15) is 15.0 Å². The molecule has 20 heavy (non-hydrogen) atoms. The number of carbonyl (C=O) groups is 1. The Hall–Kier alpha value is -1.91. The molecule has 108 valence electrons. The number of carboxylic acids is 1. The van der Waals surface area contributed by atoms with E-state index in [2.05, 4.69) is 0 Å². The third-order valence-corrected chi connectivity index (χ3v) is 4.28. The van der Waals surface area contributed by atoms with Crippen LogP contribution in [0.25, 0.3) is 0 Å². The van der Waals surface area contributed by atoms with Crippen LogP contribution < -0.4 is 9.47 Å². The normalized spacial score (nSPS) is 20.4. The van der Waals surface area contributed by atoms with Gasteiger partial charge in [-0.3, -0.25) is 4.79 Å². The molecule has 0 saturated heterocycles. The van der Waals surface area contributed by atoms with E-state index in [1.807, 2.05) is 0 Å². The maximum Gasteiger partial charge on any atom is 0.314 e. The van der Waals surface area contributed by atoms with Gasteiger partial charge in [0.2, 0.25) is 0 Å². The van der Waals surface area contributed by atoms with Crippen molar-refractivity contribution in [2.45, 2.75) is 37.5 Å². The minimum absolute atomic E-state index is 0.0152. The van der Waals surface area contributed by atoms with Crippen LogP contribution in [-0.4, -0.2) is 29.4 Å². The highest BCUT2D eigenvalue weighted by molar-refractivity contribution is 5.84. The van der Waals surface area contributed by atoms with Crippen LogP contribution >= 0.6 is 0 Å². The van der Waals surface area contributed by atoms with Crippen LogP contribution in [-0.2, 0) is 10.2 Å². The summed E-state index contributed by atoms with van der Waals surface area (Å²) in [5.74, 6) is 0.0180. The summed E-state index contributed by atoms with van der Waals surface area (Å²) in [6.07, 6.45) is 3.76. The Morgan fingerprint density at radius 3 is 2.50 bits per heavy atom. The molecular formula is C15H18O5. The SMILES string of the molecule is O=C(O)C1(c2c(O)ccc3c2OCCO3)CCCCC1. The zero-order chi connectivity index (χ0) is 14.2. The molecule has 1 aromatic rings. The number of hydrogen-bond acceptors (Lipinski definition) is 4. The van der Waals surface area contributed by atoms with Gasteiger partial charge in [0.25, 0.3) is 0 Å². The van der Waals surface area contributed by atoms with Crippen molar-refractivity contribution in [2.75, 3.05) is 13.2 Å². The Kier molecular flexibility index (Phi) is 3.20. The van der Waals surface area contributed by atoms with E-state index >= 15 is 0 Å². The quantitative estimate of drug-likeness (QED) is 0.869. The number of aliphatic carboxylic acids is 1. The summed E-state index contributed by atoms with van der Waals surface area (Å²) >= 11 is 0. The second kappa shape index (κ2) is 4.89. The van der Waals surface area contributed by atoms with Crippen molar-refractivity contribution in [3.05, 3.63) is 17.7 Å². The smallest absolute Gasteiger partial charge is 0.314 e. The lowest BCUT2D eigenvalue weighted by Crippen LogP contribution is -2.38. The molecule has 2 N–H and O–H groups in total. The summed E-state index contributed by atoms with van der Waals surface area (Å²) in [5.41, 5.74) is -0.670. The first kappa shape index (κ1) is 13.1. The molecule has 0 bridgehead atoms. The fourth-order valence-corrected chi connectivity index (χ4v) is 3.29. The first-order valence-corrected chi connectivity index (χ1v) is 7.00. The number of benzene rings is 1. The van der Waals surface area contributed by atoms with Crippen LogP contribution in [0.5, 0.6) is 17.2 Å². The van der Waals surface area contributed by atoms with Crippen LogP contribution in [0.4, 0.5) is 0 Å². The third kappa shape index (κ3) is 1.88. The van der Waals surface area contributed by atoms with Gasteiger partial charge in [-0.15, -0.1) is 0 Å². The second-order valence-electron chi connectivity index (χ2n) is 5.43. The van der Waals surface area contributed by atoms with Crippen LogP contribution in [0.2, 0.25) is 0 Å². The van der Waals surface area contributed by atoms with Crippen LogP contribution in [0.3, 0.4) is 0 Å².